The summed E-state index contributed by atoms with van der Waals surface area (Å²) in [6.07, 6.45) is 1.74. The van der Waals surface area contributed by atoms with Crippen molar-refractivity contribution >= 4 is 10.0 Å². The third-order valence-corrected chi connectivity index (χ3v) is 3.50. The Morgan fingerprint density at radius 2 is 2.00 bits per heavy atom. The molecule has 0 heterocycles. The summed E-state index contributed by atoms with van der Waals surface area (Å²) in [6.45, 7) is -1.75. The summed E-state index contributed by atoms with van der Waals surface area (Å²) in [5.41, 5.74) is 4.76. The zero-order valence-electron chi connectivity index (χ0n) is 7.67. The summed E-state index contributed by atoms with van der Waals surface area (Å²) in [6, 6.07) is 0. The van der Waals surface area contributed by atoms with Gasteiger partial charge in [-0.2, -0.15) is 0 Å². The summed E-state index contributed by atoms with van der Waals surface area (Å²) in [7, 11) is -3.55. The highest BCUT2D eigenvalue weighted by atomic mass is 32.2. The van der Waals surface area contributed by atoms with Crippen molar-refractivity contribution in [3.63, 3.8) is 0 Å². The largest absolute Gasteiger partial charge is 0.325 e. The molecule has 14 heavy (non-hydrogen) atoms. The van der Waals surface area contributed by atoms with Crippen LogP contribution in [0.1, 0.15) is 12.8 Å². The minimum atomic E-state index is -3.55. The molecular formula is C7H14F2N2O2S. The van der Waals surface area contributed by atoms with Crippen LogP contribution in [-0.2, 0) is 10.0 Å². The van der Waals surface area contributed by atoms with E-state index < -0.39 is 29.0 Å². The van der Waals surface area contributed by atoms with Gasteiger partial charge in [0.2, 0.25) is 10.0 Å². The predicted molar refractivity (Wildman–Crippen MR) is 48.5 cm³/mol. The molecule has 0 aliphatic heterocycles. The smallest absolute Gasteiger partial charge is 0.273 e. The lowest BCUT2D eigenvalue weighted by Gasteiger charge is -2.14. The molecule has 7 heteroatoms. The van der Waals surface area contributed by atoms with Gasteiger partial charge in [-0.25, -0.2) is 21.9 Å². The van der Waals surface area contributed by atoms with E-state index in [2.05, 4.69) is 0 Å². The molecule has 1 saturated carbocycles. The lowest BCUT2D eigenvalue weighted by Crippen LogP contribution is -2.42. The molecule has 0 amide bonds. The van der Waals surface area contributed by atoms with Gasteiger partial charge in [0.15, 0.2) is 0 Å². The van der Waals surface area contributed by atoms with Crippen LogP contribution in [0.3, 0.4) is 0 Å². The Morgan fingerprint density at radius 3 is 2.43 bits per heavy atom. The maximum Gasteiger partial charge on any atom is 0.273 e. The van der Waals surface area contributed by atoms with Gasteiger partial charge >= 0.3 is 0 Å². The average molecular weight is 228 g/mol. The summed E-state index contributed by atoms with van der Waals surface area (Å²) in [4.78, 5) is 0. The number of nitrogens with one attached hydrogen (secondary N) is 1. The molecule has 0 unspecified atom stereocenters. The van der Waals surface area contributed by atoms with Crippen LogP contribution in [0.15, 0.2) is 0 Å². The molecule has 0 atom stereocenters. The van der Waals surface area contributed by atoms with Gasteiger partial charge in [-0.15, -0.1) is 0 Å². The minimum absolute atomic E-state index is 0.0480. The zero-order chi connectivity index (χ0) is 10.8. The third-order valence-electron chi connectivity index (χ3n) is 2.00. The van der Waals surface area contributed by atoms with Crippen molar-refractivity contribution in [2.75, 3.05) is 18.8 Å². The van der Waals surface area contributed by atoms with Crippen LogP contribution >= 0.6 is 0 Å². The molecule has 1 fully saturated rings. The van der Waals surface area contributed by atoms with Crippen LogP contribution in [0.5, 0.6) is 0 Å². The van der Waals surface area contributed by atoms with E-state index in [1.54, 1.807) is 0 Å². The van der Waals surface area contributed by atoms with E-state index in [0.29, 0.717) is 0 Å². The number of halogens is 2. The average Bonchev–Trinajstić information content (AvgIpc) is 2.85. The van der Waals surface area contributed by atoms with Crippen molar-refractivity contribution in [2.24, 2.45) is 11.7 Å². The summed E-state index contributed by atoms with van der Waals surface area (Å²) >= 11 is 0. The highest BCUT2D eigenvalue weighted by Gasteiger charge is 2.32. The molecule has 1 aliphatic rings. The van der Waals surface area contributed by atoms with Crippen LogP contribution < -0.4 is 10.5 Å². The fourth-order valence-electron chi connectivity index (χ4n) is 0.941. The van der Waals surface area contributed by atoms with Crippen molar-refractivity contribution in [1.82, 2.24) is 4.72 Å². The van der Waals surface area contributed by atoms with Gasteiger partial charge in [0, 0.05) is 0 Å². The van der Waals surface area contributed by atoms with Crippen molar-refractivity contribution in [2.45, 2.75) is 18.8 Å². The minimum Gasteiger partial charge on any atom is -0.325 e. The van der Waals surface area contributed by atoms with E-state index in [9.17, 15) is 17.2 Å². The van der Waals surface area contributed by atoms with E-state index in [1.807, 2.05) is 4.72 Å². The normalized spacial score (nSPS) is 18.5. The number of rotatable bonds is 6. The van der Waals surface area contributed by atoms with E-state index >= 15 is 0 Å². The third kappa shape index (κ3) is 4.30. The van der Waals surface area contributed by atoms with Gasteiger partial charge < -0.3 is 5.73 Å². The monoisotopic (exact) mass is 228 g/mol. The lowest BCUT2D eigenvalue weighted by molar-refractivity contribution is 0.0170. The maximum atomic E-state index is 12.6. The Balaban J connectivity index is 2.35. The highest BCUT2D eigenvalue weighted by molar-refractivity contribution is 7.89. The molecule has 0 aromatic carbocycles. The van der Waals surface area contributed by atoms with Crippen LogP contribution in [-0.4, -0.2) is 33.2 Å². The fraction of sp³-hybridized carbons (Fsp3) is 1.00. The number of nitrogens with two attached hydrogens (primary N) is 1. The zero-order valence-corrected chi connectivity index (χ0v) is 8.49. The first-order valence-electron chi connectivity index (χ1n) is 4.40. The molecule has 1 rings (SSSR count). The molecule has 1 aliphatic carbocycles. The molecule has 0 saturated heterocycles. The number of alkyl halides is 2. The number of hydrogen-bond donors (Lipinski definition) is 2. The Bertz CT molecular complexity index is 288. The first-order valence-corrected chi connectivity index (χ1v) is 6.05. The Hall–Kier alpha value is -0.270. The van der Waals surface area contributed by atoms with Crippen molar-refractivity contribution in [1.29, 1.82) is 0 Å². The standard InChI is InChI=1S/C7H14F2N2O2S/c8-7(9,4-10)5-11-14(12,13)3-6-1-2-6/h6,11H,1-5,10H2. The highest BCUT2D eigenvalue weighted by Crippen LogP contribution is 2.30. The molecule has 0 bridgehead atoms. The molecule has 4 nitrogen and oxygen atoms in total. The van der Waals surface area contributed by atoms with Gasteiger partial charge in [0.1, 0.15) is 0 Å². The van der Waals surface area contributed by atoms with Crippen LogP contribution in [0.2, 0.25) is 0 Å². The SMILES string of the molecule is NCC(F)(F)CNS(=O)(=O)CC1CC1. The van der Waals surface area contributed by atoms with Crippen molar-refractivity contribution in [3.8, 4) is 0 Å². The topological polar surface area (TPSA) is 72.2 Å². The number of sulfonamides is 1. The van der Waals surface area contributed by atoms with Crippen molar-refractivity contribution < 1.29 is 17.2 Å². The summed E-state index contributed by atoms with van der Waals surface area (Å²) in [5, 5.41) is 0. The van der Waals surface area contributed by atoms with E-state index in [4.69, 9.17) is 5.73 Å². The Morgan fingerprint density at radius 1 is 1.43 bits per heavy atom. The molecule has 0 aromatic rings. The Kier molecular flexibility index (Phi) is 3.44. The summed E-state index contributed by atoms with van der Waals surface area (Å²) in [5.74, 6) is -3.05. The van der Waals surface area contributed by atoms with Gasteiger partial charge in [-0.1, -0.05) is 0 Å². The molecule has 84 valence electrons. The van der Waals surface area contributed by atoms with Crippen LogP contribution in [0.25, 0.3) is 0 Å². The van der Waals surface area contributed by atoms with Gasteiger partial charge in [0.25, 0.3) is 5.92 Å². The van der Waals surface area contributed by atoms with Crippen molar-refractivity contribution in [3.05, 3.63) is 0 Å². The second-order valence-corrected chi connectivity index (χ2v) is 5.46. The van der Waals surface area contributed by atoms with E-state index in [1.165, 1.54) is 0 Å². The van der Waals surface area contributed by atoms with Crippen LogP contribution in [0, 0.1) is 5.92 Å². The molecule has 0 spiro atoms. The lowest BCUT2D eigenvalue weighted by atomic mass is 10.3. The van der Waals surface area contributed by atoms with E-state index in [0.717, 1.165) is 12.8 Å². The van der Waals surface area contributed by atoms with Crippen LogP contribution in [0.4, 0.5) is 8.78 Å². The molecule has 0 radical (unpaired) electrons. The Labute approximate surface area is 81.9 Å². The quantitative estimate of drug-likeness (QED) is 0.667. The van der Waals surface area contributed by atoms with E-state index in [-0.39, 0.29) is 11.7 Å². The first-order chi connectivity index (χ1) is 6.35. The molecule has 3 N–H and O–H groups in total. The summed E-state index contributed by atoms with van der Waals surface area (Å²) < 4.78 is 49.3. The second-order valence-electron chi connectivity index (χ2n) is 3.61. The molecule has 0 aromatic heterocycles. The van der Waals surface area contributed by atoms with Gasteiger partial charge in [-0.05, 0) is 18.8 Å². The van der Waals surface area contributed by atoms with Gasteiger partial charge in [-0.3, -0.25) is 0 Å². The van der Waals surface area contributed by atoms with Gasteiger partial charge in [0.05, 0.1) is 18.8 Å². The predicted octanol–water partition coefficient (Wildman–Crippen LogP) is -0.0902. The second kappa shape index (κ2) is 4.08. The first kappa shape index (κ1) is 11.8. The molecular weight excluding hydrogens is 214 g/mol. The number of hydrogen-bond acceptors (Lipinski definition) is 3. The fourth-order valence-corrected chi connectivity index (χ4v) is 2.44. The maximum absolute atomic E-state index is 12.6.